The summed E-state index contributed by atoms with van der Waals surface area (Å²) in [4.78, 5) is 24.2. The van der Waals surface area contributed by atoms with Crippen LogP contribution < -0.4 is 16.0 Å². The molecule has 5 rings (SSSR count). The summed E-state index contributed by atoms with van der Waals surface area (Å²) in [5, 5.41) is 9.57. The van der Waals surface area contributed by atoms with Crippen molar-refractivity contribution in [3.8, 4) is 0 Å². The SMILES string of the molecule is CC(Nc1nc(C2CNC2)nc2c1CN(C(=O)C1CNCCO1)C2)c1cccc(C(F)F)c1F. The monoisotopic (exact) mass is 476 g/mol. The normalized spacial score (nSPS) is 21.3. The number of nitrogens with one attached hydrogen (secondary N) is 3. The molecule has 1 aromatic carbocycles. The molecule has 4 heterocycles. The van der Waals surface area contributed by atoms with Crippen LogP contribution in [0.15, 0.2) is 18.2 Å². The van der Waals surface area contributed by atoms with Crippen molar-refractivity contribution in [3.05, 3.63) is 52.2 Å². The summed E-state index contributed by atoms with van der Waals surface area (Å²) < 4.78 is 46.8. The molecule has 2 unspecified atom stereocenters. The predicted octanol–water partition coefficient (Wildman–Crippen LogP) is 2.24. The molecule has 0 aliphatic carbocycles. The summed E-state index contributed by atoms with van der Waals surface area (Å²) in [6, 6.07) is 3.37. The molecule has 0 radical (unpaired) electrons. The third-order valence-corrected chi connectivity index (χ3v) is 6.57. The molecular weight excluding hydrogens is 449 g/mol. The van der Waals surface area contributed by atoms with Gasteiger partial charge < -0.3 is 25.6 Å². The van der Waals surface area contributed by atoms with E-state index in [-0.39, 0.29) is 17.4 Å². The van der Waals surface area contributed by atoms with E-state index in [0.29, 0.717) is 44.4 Å². The molecule has 3 aliphatic heterocycles. The van der Waals surface area contributed by atoms with Gasteiger partial charge >= 0.3 is 0 Å². The molecule has 1 amide bonds. The van der Waals surface area contributed by atoms with Gasteiger partial charge in [0.15, 0.2) is 0 Å². The Bertz CT molecular complexity index is 1070. The zero-order valence-corrected chi connectivity index (χ0v) is 18.8. The number of carbonyl (C=O) groups excluding carboxylic acids is 1. The van der Waals surface area contributed by atoms with Crippen molar-refractivity contribution in [2.75, 3.05) is 38.1 Å². The number of morpholine rings is 1. The minimum atomic E-state index is -2.90. The first-order valence-electron chi connectivity index (χ1n) is 11.5. The Morgan fingerprint density at radius 2 is 1.97 bits per heavy atom. The number of nitrogens with zero attached hydrogens (tertiary/aromatic N) is 3. The summed E-state index contributed by atoms with van der Waals surface area (Å²) in [5.74, 6) is 0.255. The largest absolute Gasteiger partial charge is 0.366 e. The lowest BCUT2D eigenvalue weighted by atomic mass is 10.0. The van der Waals surface area contributed by atoms with Crippen molar-refractivity contribution in [3.63, 3.8) is 0 Å². The van der Waals surface area contributed by atoms with Crippen molar-refractivity contribution in [1.82, 2.24) is 25.5 Å². The number of hydrogen-bond acceptors (Lipinski definition) is 7. The molecule has 182 valence electrons. The van der Waals surface area contributed by atoms with Crippen LogP contribution in [0.25, 0.3) is 0 Å². The number of fused-ring (bicyclic) bond motifs is 1. The molecule has 8 nitrogen and oxygen atoms in total. The highest BCUT2D eigenvalue weighted by Gasteiger charge is 2.35. The maximum atomic E-state index is 14.8. The molecular formula is C23H27F3N6O2. The number of benzene rings is 1. The van der Waals surface area contributed by atoms with E-state index in [9.17, 15) is 18.0 Å². The Kier molecular flexibility index (Phi) is 6.41. The highest BCUT2D eigenvalue weighted by molar-refractivity contribution is 5.82. The molecule has 2 saturated heterocycles. The molecule has 2 fully saturated rings. The van der Waals surface area contributed by atoms with E-state index in [2.05, 4.69) is 16.0 Å². The fourth-order valence-electron chi connectivity index (χ4n) is 4.48. The molecule has 34 heavy (non-hydrogen) atoms. The number of ether oxygens (including phenoxy) is 1. The van der Waals surface area contributed by atoms with Crippen molar-refractivity contribution in [1.29, 1.82) is 0 Å². The van der Waals surface area contributed by atoms with Gasteiger partial charge in [-0.2, -0.15) is 0 Å². The minimum absolute atomic E-state index is 0.119. The number of rotatable bonds is 6. The Morgan fingerprint density at radius 1 is 1.18 bits per heavy atom. The van der Waals surface area contributed by atoms with Crippen LogP contribution in [0.3, 0.4) is 0 Å². The number of alkyl halides is 2. The number of carbonyl (C=O) groups is 1. The Hall–Kier alpha value is -2.76. The van der Waals surface area contributed by atoms with Gasteiger partial charge in [0, 0.05) is 43.2 Å². The van der Waals surface area contributed by atoms with Crippen LogP contribution in [0.1, 0.15) is 53.5 Å². The molecule has 1 aromatic heterocycles. The predicted molar refractivity (Wildman–Crippen MR) is 118 cm³/mol. The lowest BCUT2D eigenvalue weighted by molar-refractivity contribution is -0.145. The number of hydrogen-bond donors (Lipinski definition) is 3. The van der Waals surface area contributed by atoms with Crippen LogP contribution in [0, 0.1) is 5.82 Å². The first-order valence-corrected chi connectivity index (χ1v) is 11.5. The van der Waals surface area contributed by atoms with Crippen LogP contribution in [0.2, 0.25) is 0 Å². The second-order valence-electron chi connectivity index (χ2n) is 8.89. The van der Waals surface area contributed by atoms with Gasteiger partial charge in [0.2, 0.25) is 0 Å². The molecule has 3 N–H and O–H groups in total. The quantitative estimate of drug-likeness (QED) is 0.589. The van der Waals surface area contributed by atoms with E-state index in [1.165, 1.54) is 12.1 Å². The van der Waals surface area contributed by atoms with Crippen molar-refractivity contribution < 1.29 is 22.7 Å². The van der Waals surface area contributed by atoms with E-state index in [4.69, 9.17) is 14.7 Å². The summed E-state index contributed by atoms with van der Waals surface area (Å²) >= 11 is 0. The van der Waals surface area contributed by atoms with Gasteiger partial charge in [-0.3, -0.25) is 4.79 Å². The third kappa shape index (κ3) is 4.35. The molecule has 3 aliphatic rings. The van der Waals surface area contributed by atoms with Gasteiger partial charge in [0.05, 0.1) is 37.0 Å². The van der Waals surface area contributed by atoms with E-state index >= 15 is 0 Å². The number of halogens is 3. The highest BCUT2D eigenvalue weighted by Crippen LogP contribution is 2.34. The van der Waals surface area contributed by atoms with E-state index in [0.717, 1.165) is 30.4 Å². The van der Waals surface area contributed by atoms with E-state index < -0.39 is 30.0 Å². The van der Waals surface area contributed by atoms with Crippen LogP contribution >= 0.6 is 0 Å². The second kappa shape index (κ2) is 9.47. The van der Waals surface area contributed by atoms with Crippen LogP contribution in [-0.2, 0) is 22.6 Å². The average molecular weight is 477 g/mol. The number of aromatic nitrogens is 2. The van der Waals surface area contributed by atoms with Crippen LogP contribution in [-0.4, -0.2) is 59.7 Å². The molecule has 0 bridgehead atoms. The average Bonchev–Trinajstić information content (AvgIpc) is 3.22. The van der Waals surface area contributed by atoms with E-state index in [1.54, 1.807) is 11.8 Å². The highest BCUT2D eigenvalue weighted by atomic mass is 19.3. The standard InChI is InChI=1S/C23H27F3N6O2/c1-12(14-3-2-4-15(19(14)24)20(25)26)29-22-16-10-32(23(33)18-9-27-5-6-34-18)11-17(16)30-21(31-22)13-7-28-8-13/h2-4,12-13,18,20,27-28H,5-11H2,1H3,(H,29,30,31). The lowest BCUT2D eigenvalue weighted by Crippen LogP contribution is -2.48. The second-order valence-corrected chi connectivity index (χ2v) is 8.89. The summed E-state index contributed by atoms with van der Waals surface area (Å²) in [7, 11) is 0. The topological polar surface area (TPSA) is 91.4 Å². The first kappa shape index (κ1) is 23.0. The zero-order valence-electron chi connectivity index (χ0n) is 18.8. The van der Waals surface area contributed by atoms with Gasteiger partial charge in [-0.15, -0.1) is 0 Å². The number of amides is 1. The molecule has 0 spiro atoms. The van der Waals surface area contributed by atoms with Gasteiger partial charge in [0.1, 0.15) is 23.6 Å². The first-order chi connectivity index (χ1) is 16.4. The number of anilines is 1. The van der Waals surface area contributed by atoms with Gasteiger partial charge in [-0.25, -0.2) is 23.1 Å². The van der Waals surface area contributed by atoms with Crippen LogP contribution in [0.5, 0.6) is 0 Å². The molecule has 0 saturated carbocycles. The Labute approximate surface area is 195 Å². The van der Waals surface area contributed by atoms with Crippen molar-refractivity contribution in [2.45, 2.75) is 44.5 Å². The Morgan fingerprint density at radius 3 is 2.65 bits per heavy atom. The molecule has 2 aromatic rings. The fourth-order valence-corrected chi connectivity index (χ4v) is 4.48. The molecule has 11 heteroatoms. The zero-order chi connectivity index (χ0) is 23.8. The fraction of sp³-hybridized carbons (Fsp3) is 0.522. The van der Waals surface area contributed by atoms with Gasteiger partial charge in [-0.05, 0) is 6.92 Å². The third-order valence-electron chi connectivity index (χ3n) is 6.57. The Balaban J connectivity index is 1.42. The summed E-state index contributed by atoms with van der Waals surface area (Å²) in [6.45, 7) is 5.48. The minimum Gasteiger partial charge on any atom is -0.366 e. The maximum absolute atomic E-state index is 14.8. The maximum Gasteiger partial charge on any atom is 0.266 e. The van der Waals surface area contributed by atoms with Gasteiger partial charge in [0.25, 0.3) is 12.3 Å². The van der Waals surface area contributed by atoms with Crippen LogP contribution in [0.4, 0.5) is 19.0 Å². The van der Waals surface area contributed by atoms with Crippen molar-refractivity contribution in [2.24, 2.45) is 0 Å². The lowest BCUT2D eigenvalue weighted by Gasteiger charge is -2.27. The summed E-state index contributed by atoms with van der Waals surface area (Å²) in [5.41, 5.74) is 0.999. The van der Waals surface area contributed by atoms with E-state index in [1.807, 2.05) is 0 Å². The smallest absolute Gasteiger partial charge is 0.266 e. The summed E-state index contributed by atoms with van der Waals surface area (Å²) in [6.07, 6.45) is -3.45. The molecule has 2 atom stereocenters. The van der Waals surface area contributed by atoms with Gasteiger partial charge in [-0.1, -0.05) is 18.2 Å². The van der Waals surface area contributed by atoms with Crippen molar-refractivity contribution >= 4 is 11.7 Å².